The molecule has 0 aromatic carbocycles. The Morgan fingerprint density at radius 1 is 1.75 bits per heavy atom. The minimum Gasteiger partial charge on any atom is -0.361 e. The fourth-order valence-electron chi connectivity index (χ4n) is 1.87. The molecule has 1 atom stereocenters. The van der Waals surface area contributed by atoms with E-state index in [0.717, 1.165) is 24.8 Å². The third kappa shape index (κ3) is 2.64. The molecule has 1 fully saturated rings. The lowest BCUT2D eigenvalue weighted by Crippen LogP contribution is -2.19. The van der Waals surface area contributed by atoms with Gasteiger partial charge in [-0.15, -0.1) is 0 Å². The van der Waals surface area contributed by atoms with Crippen LogP contribution in [0.2, 0.25) is 5.15 Å². The predicted molar refractivity (Wildman–Crippen MR) is 65.9 cm³/mol. The molecule has 6 heteroatoms. The van der Waals surface area contributed by atoms with Gasteiger partial charge in [0.2, 0.25) is 0 Å². The van der Waals surface area contributed by atoms with Crippen molar-refractivity contribution in [2.24, 2.45) is 5.92 Å². The van der Waals surface area contributed by atoms with Gasteiger partial charge in [-0.2, -0.15) is 5.26 Å². The lowest BCUT2D eigenvalue weighted by atomic mass is 10.1. The minimum atomic E-state index is 0.304. The minimum absolute atomic E-state index is 0.304. The molecule has 0 amide bonds. The van der Waals surface area contributed by atoms with Crippen LogP contribution in [-0.2, 0) is 0 Å². The van der Waals surface area contributed by atoms with E-state index in [1.165, 1.54) is 17.8 Å². The Hall–Kier alpha value is -0.830. The van der Waals surface area contributed by atoms with Crippen molar-refractivity contribution in [3.8, 4) is 6.07 Å². The molecule has 2 heterocycles. The summed E-state index contributed by atoms with van der Waals surface area (Å²) in [5, 5.41) is 13.0. The van der Waals surface area contributed by atoms with E-state index >= 15 is 0 Å². The molecule has 1 N–H and O–H groups in total. The van der Waals surface area contributed by atoms with Crippen molar-refractivity contribution in [3.63, 3.8) is 0 Å². The van der Waals surface area contributed by atoms with Gasteiger partial charge in [-0.25, -0.2) is 4.98 Å². The van der Waals surface area contributed by atoms with E-state index < -0.39 is 0 Å². The van der Waals surface area contributed by atoms with Gasteiger partial charge in [0, 0.05) is 13.1 Å². The molecule has 1 saturated heterocycles. The van der Waals surface area contributed by atoms with Gasteiger partial charge in [0.15, 0.2) is 10.3 Å². The first-order chi connectivity index (χ1) is 7.69. The molecule has 1 aliphatic heterocycles. The number of hydrogen-bond acceptors (Lipinski definition) is 5. The molecule has 1 aliphatic rings. The molecular weight excluding hydrogens is 244 g/mol. The molecule has 0 saturated carbocycles. The number of anilines is 1. The van der Waals surface area contributed by atoms with Crippen LogP contribution in [0.4, 0.5) is 5.13 Å². The highest BCUT2D eigenvalue weighted by Gasteiger charge is 2.19. The Bertz CT molecular complexity index is 411. The van der Waals surface area contributed by atoms with Gasteiger partial charge in [0.1, 0.15) is 10.9 Å². The van der Waals surface area contributed by atoms with Gasteiger partial charge < -0.3 is 10.2 Å². The number of nitriles is 1. The molecule has 4 nitrogen and oxygen atoms in total. The number of halogens is 1. The van der Waals surface area contributed by atoms with E-state index in [2.05, 4.69) is 22.2 Å². The third-order valence-corrected chi connectivity index (χ3v) is 4.02. The van der Waals surface area contributed by atoms with Gasteiger partial charge in [-0.05, 0) is 25.9 Å². The van der Waals surface area contributed by atoms with Gasteiger partial charge in [0.05, 0.1) is 0 Å². The van der Waals surface area contributed by atoms with Crippen LogP contribution in [0.1, 0.15) is 11.3 Å². The first-order valence-corrected chi connectivity index (χ1v) is 6.37. The molecule has 1 aromatic heterocycles. The molecule has 16 heavy (non-hydrogen) atoms. The maximum absolute atomic E-state index is 8.75. The van der Waals surface area contributed by atoms with Crippen molar-refractivity contribution in [1.29, 1.82) is 5.26 Å². The van der Waals surface area contributed by atoms with Crippen LogP contribution in [0.5, 0.6) is 0 Å². The van der Waals surface area contributed by atoms with Gasteiger partial charge in [0.25, 0.3) is 0 Å². The van der Waals surface area contributed by atoms with E-state index in [-0.39, 0.29) is 0 Å². The maximum Gasteiger partial charge on any atom is 0.185 e. The second-order valence-electron chi connectivity index (χ2n) is 4.05. The highest BCUT2D eigenvalue weighted by molar-refractivity contribution is 7.16. The van der Waals surface area contributed by atoms with E-state index in [1.54, 1.807) is 0 Å². The number of nitrogens with one attached hydrogen (secondary N) is 1. The fraction of sp³-hybridized carbons (Fsp3) is 0.600. The number of hydrogen-bond donors (Lipinski definition) is 1. The zero-order valence-electron chi connectivity index (χ0n) is 9.03. The molecule has 0 aliphatic carbocycles. The van der Waals surface area contributed by atoms with E-state index in [9.17, 15) is 0 Å². The smallest absolute Gasteiger partial charge is 0.185 e. The lowest BCUT2D eigenvalue weighted by Gasteiger charge is -2.10. The number of thiazole rings is 1. The molecule has 2 rings (SSSR count). The van der Waals surface area contributed by atoms with Crippen LogP contribution < -0.4 is 5.32 Å². The number of aromatic nitrogens is 1. The second-order valence-corrected chi connectivity index (χ2v) is 5.41. The van der Waals surface area contributed by atoms with Gasteiger partial charge >= 0.3 is 0 Å². The standard InChI is InChI=1S/C10H13ClN4S/c1-15-3-2-7(6-15)5-13-10-14-9(11)8(4-12)16-10/h7H,2-3,5-6H2,1H3,(H,13,14). The highest BCUT2D eigenvalue weighted by Crippen LogP contribution is 2.26. The quantitative estimate of drug-likeness (QED) is 0.899. The zero-order chi connectivity index (χ0) is 11.5. The summed E-state index contributed by atoms with van der Waals surface area (Å²) in [6, 6.07) is 2.03. The summed E-state index contributed by atoms with van der Waals surface area (Å²) in [7, 11) is 2.13. The Morgan fingerprint density at radius 2 is 2.56 bits per heavy atom. The second kappa shape index (κ2) is 5.00. The van der Waals surface area contributed by atoms with E-state index in [0.29, 0.717) is 15.9 Å². The van der Waals surface area contributed by atoms with Crippen molar-refractivity contribution >= 4 is 28.1 Å². The Kier molecular flexibility index (Phi) is 3.64. The van der Waals surface area contributed by atoms with Gasteiger partial charge in [-0.1, -0.05) is 22.9 Å². The van der Waals surface area contributed by atoms with Crippen LogP contribution in [0.15, 0.2) is 0 Å². The first-order valence-electron chi connectivity index (χ1n) is 5.18. The van der Waals surface area contributed by atoms with E-state index in [1.807, 2.05) is 6.07 Å². The lowest BCUT2D eigenvalue weighted by molar-refractivity contribution is 0.399. The van der Waals surface area contributed by atoms with Crippen LogP contribution in [-0.4, -0.2) is 36.6 Å². The first kappa shape index (κ1) is 11.6. The number of rotatable bonds is 3. The Morgan fingerprint density at radius 3 is 3.12 bits per heavy atom. The topological polar surface area (TPSA) is 52.0 Å². The summed E-state index contributed by atoms with van der Waals surface area (Å²) >= 11 is 7.11. The molecule has 0 radical (unpaired) electrons. The van der Waals surface area contributed by atoms with Crippen molar-refractivity contribution in [3.05, 3.63) is 10.0 Å². The molecule has 0 spiro atoms. The summed E-state index contributed by atoms with van der Waals surface area (Å²) in [6.45, 7) is 3.19. The summed E-state index contributed by atoms with van der Waals surface area (Å²) in [4.78, 5) is 6.90. The Labute approximate surface area is 104 Å². The van der Waals surface area contributed by atoms with Crippen LogP contribution in [0, 0.1) is 17.2 Å². The van der Waals surface area contributed by atoms with Crippen molar-refractivity contribution in [1.82, 2.24) is 9.88 Å². The summed E-state index contributed by atoms with van der Waals surface area (Å²) in [5.74, 6) is 0.665. The molecule has 1 aromatic rings. The molecule has 1 unspecified atom stereocenters. The Balaban J connectivity index is 1.88. The highest BCUT2D eigenvalue weighted by atomic mass is 35.5. The third-order valence-electron chi connectivity index (χ3n) is 2.72. The number of likely N-dealkylation sites (tertiary alicyclic amines) is 1. The monoisotopic (exact) mass is 256 g/mol. The molecular formula is C10H13ClN4S. The van der Waals surface area contributed by atoms with Crippen molar-refractivity contribution in [2.75, 3.05) is 32.0 Å². The maximum atomic E-state index is 8.75. The summed E-state index contributed by atoms with van der Waals surface area (Å²) in [6.07, 6.45) is 1.22. The van der Waals surface area contributed by atoms with Crippen molar-refractivity contribution in [2.45, 2.75) is 6.42 Å². The van der Waals surface area contributed by atoms with E-state index in [4.69, 9.17) is 16.9 Å². The molecule has 86 valence electrons. The predicted octanol–water partition coefficient (Wildman–Crippen LogP) is 2.03. The normalized spacial score (nSPS) is 20.9. The average molecular weight is 257 g/mol. The number of nitrogens with zero attached hydrogens (tertiary/aromatic N) is 3. The SMILES string of the molecule is CN1CCC(CNc2nc(Cl)c(C#N)s2)C1. The van der Waals surface area contributed by atoms with Gasteiger partial charge in [-0.3, -0.25) is 0 Å². The molecule has 0 bridgehead atoms. The zero-order valence-corrected chi connectivity index (χ0v) is 10.6. The largest absolute Gasteiger partial charge is 0.361 e. The summed E-state index contributed by atoms with van der Waals surface area (Å²) in [5.41, 5.74) is 0. The summed E-state index contributed by atoms with van der Waals surface area (Å²) < 4.78 is 0. The average Bonchev–Trinajstić information content (AvgIpc) is 2.82. The van der Waals surface area contributed by atoms with Crippen LogP contribution >= 0.6 is 22.9 Å². The fourth-order valence-corrected chi connectivity index (χ4v) is 2.82. The van der Waals surface area contributed by atoms with Crippen LogP contribution in [0.25, 0.3) is 0 Å². The van der Waals surface area contributed by atoms with Crippen molar-refractivity contribution < 1.29 is 0 Å². The van der Waals surface area contributed by atoms with Crippen LogP contribution in [0.3, 0.4) is 0 Å².